The van der Waals surface area contributed by atoms with Gasteiger partial charge in [-0.1, -0.05) is 23.7 Å². The summed E-state index contributed by atoms with van der Waals surface area (Å²) in [4.78, 5) is 16.6. The molecule has 0 N–H and O–H groups in total. The third kappa shape index (κ3) is 2.97. The summed E-state index contributed by atoms with van der Waals surface area (Å²) in [7, 11) is 1.36. The van der Waals surface area contributed by atoms with Gasteiger partial charge in [-0.05, 0) is 42.0 Å². The van der Waals surface area contributed by atoms with E-state index in [-0.39, 0.29) is 0 Å². The van der Waals surface area contributed by atoms with Crippen molar-refractivity contribution < 1.29 is 13.9 Å². The topological polar surface area (TPSA) is 56.7 Å². The maximum Gasteiger partial charge on any atom is 0.339 e. The standard InChI is InChI=1S/C20H15ClN2O3/c1-25-20(24)14-7-8-18-22-19(17-6-3-9-26-17)16(23(18)12-14)11-13-4-2-5-15(21)10-13/h2-10,12H,11H2,1H3. The van der Waals surface area contributed by atoms with Crippen molar-refractivity contribution in [1.82, 2.24) is 9.38 Å². The van der Waals surface area contributed by atoms with Crippen LogP contribution in [0, 0.1) is 0 Å². The number of ether oxygens (including phenoxy) is 1. The smallest absolute Gasteiger partial charge is 0.339 e. The van der Waals surface area contributed by atoms with Gasteiger partial charge >= 0.3 is 5.97 Å². The van der Waals surface area contributed by atoms with Gasteiger partial charge in [-0.25, -0.2) is 9.78 Å². The van der Waals surface area contributed by atoms with Gasteiger partial charge < -0.3 is 13.6 Å². The van der Waals surface area contributed by atoms with Crippen molar-refractivity contribution in [2.75, 3.05) is 7.11 Å². The fraction of sp³-hybridized carbons (Fsp3) is 0.100. The quantitative estimate of drug-likeness (QED) is 0.494. The Balaban J connectivity index is 1.90. The SMILES string of the molecule is COC(=O)c1ccc2nc(-c3ccco3)c(Cc3cccc(Cl)c3)n2c1. The van der Waals surface area contributed by atoms with E-state index >= 15 is 0 Å². The molecule has 6 heteroatoms. The fourth-order valence-electron chi connectivity index (χ4n) is 2.95. The first-order chi connectivity index (χ1) is 12.7. The Bertz CT molecular complexity index is 1080. The summed E-state index contributed by atoms with van der Waals surface area (Å²) in [6.45, 7) is 0. The van der Waals surface area contributed by atoms with Crippen LogP contribution in [0.3, 0.4) is 0 Å². The van der Waals surface area contributed by atoms with Gasteiger partial charge in [0.15, 0.2) is 5.76 Å². The normalized spacial score (nSPS) is 11.0. The molecular formula is C20H15ClN2O3. The molecule has 0 unspecified atom stereocenters. The lowest BCUT2D eigenvalue weighted by molar-refractivity contribution is 0.0600. The van der Waals surface area contributed by atoms with E-state index in [1.807, 2.05) is 40.8 Å². The van der Waals surface area contributed by atoms with Gasteiger partial charge in [0.2, 0.25) is 0 Å². The molecule has 0 amide bonds. The second-order valence-electron chi connectivity index (χ2n) is 5.83. The Morgan fingerprint density at radius 1 is 1.23 bits per heavy atom. The molecule has 0 spiro atoms. The highest BCUT2D eigenvalue weighted by Gasteiger charge is 2.18. The van der Waals surface area contributed by atoms with Crippen LogP contribution < -0.4 is 0 Å². The molecule has 4 aromatic rings. The summed E-state index contributed by atoms with van der Waals surface area (Å²) in [5, 5.41) is 0.672. The number of carbonyl (C=O) groups excluding carboxylic acids is 1. The third-order valence-corrected chi connectivity index (χ3v) is 4.39. The van der Waals surface area contributed by atoms with Gasteiger partial charge in [-0.15, -0.1) is 0 Å². The van der Waals surface area contributed by atoms with E-state index in [2.05, 4.69) is 4.98 Å². The van der Waals surface area contributed by atoms with Crippen LogP contribution in [0.5, 0.6) is 0 Å². The Morgan fingerprint density at radius 3 is 2.85 bits per heavy atom. The maximum absolute atomic E-state index is 11.9. The molecule has 0 saturated heterocycles. The van der Waals surface area contributed by atoms with Crippen LogP contribution in [0.4, 0.5) is 0 Å². The molecule has 0 saturated carbocycles. The predicted molar refractivity (Wildman–Crippen MR) is 98.5 cm³/mol. The second-order valence-corrected chi connectivity index (χ2v) is 6.27. The van der Waals surface area contributed by atoms with Crippen LogP contribution >= 0.6 is 11.6 Å². The number of methoxy groups -OCH3 is 1. The first-order valence-electron chi connectivity index (χ1n) is 8.03. The minimum atomic E-state index is -0.395. The molecule has 0 atom stereocenters. The third-order valence-electron chi connectivity index (χ3n) is 4.15. The molecular weight excluding hydrogens is 352 g/mol. The van der Waals surface area contributed by atoms with Crippen molar-refractivity contribution in [2.24, 2.45) is 0 Å². The molecule has 0 bridgehead atoms. The van der Waals surface area contributed by atoms with Crippen LogP contribution in [-0.4, -0.2) is 22.5 Å². The summed E-state index contributed by atoms with van der Waals surface area (Å²) in [5.41, 5.74) is 3.85. The number of hydrogen-bond acceptors (Lipinski definition) is 4. The van der Waals surface area contributed by atoms with Crippen molar-refractivity contribution in [3.63, 3.8) is 0 Å². The van der Waals surface area contributed by atoms with Gasteiger partial charge in [0.25, 0.3) is 0 Å². The van der Waals surface area contributed by atoms with E-state index in [9.17, 15) is 4.79 Å². The molecule has 3 aromatic heterocycles. The number of esters is 1. The Morgan fingerprint density at radius 2 is 2.12 bits per heavy atom. The predicted octanol–water partition coefficient (Wildman–Crippen LogP) is 4.63. The summed E-state index contributed by atoms with van der Waals surface area (Å²) in [5.74, 6) is 0.277. The van der Waals surface area contributed by atoms with Crippen molar-refractivity contribution in [3.8, 4) is 11.5 Å². The van der Waals surface area contributed by atoms with Gasteiger partial charge in [0.1, 0.15) is 11.3 Å². The zero-order valence-corrected chi connectivity index (χ0v) is 14.7. The van der Waals surface area contributed by atoms with Crippen LogP contribution in [0.15, 0.2) is 65.4 Å². The lowest BCUT2D eigenvalue weighted by Crippen LogP contribution is -2.04. The summed E-state index contributed by atoms with van der Waals surface area (Å²) in [6.07, 6.45) is 3.94. The van der Waals surface area contributed by atoms with E-state index in [0.29, 0.717) is 22.8 Å². The Kier molecular flexibility index (Phi) is 4.22. The van der Waals surface area contributed by atoms with Gasteiger partial charge in [0, 0.05) is 17.6 Å². The van der Waals surface area contributed by atoms with Gasteiger partial charge in [-0.3, -0.25) is 0 Å². The summed E-state index contributed by atoms with van der Waals surface area (Å²) in [6, 6.07) is 14.8. The zero-order chi connectivity index (χ0) is 18.1. The summed E-state index contributed by atoms with van der Waals surface area (Å²) < 4.78 is 12.3. The monoisotopic (exact) mass is 366 g/mol. The van der Waals surface area contributed by atoms with Crippen molar-refractivity contribution in [3.05, 3.63) is 82.8 Å². The number of furan rings is 1. The fourth-order valence-corrected chi connectivity index (χ4v) is 3.16. The lowest BCUT2D eigenvalue weighted by Gasteiger charge is -2.06. The number of imidazole rings is 1. The van der Waals surface area contributed by atoms with E-state index in [0.717, 1.165) is 22.6 Å². The molecule has 1 aromatic carbocycles. The first kappa shape index (κ1) is 16.4. The zero-order valence-electron chi connectivity index (χ0n) is 14.0. The van der Waals surface area contributed by atoms with E-state index in [4.69, 9.17) is 20.8 Å². The molecule has 0 aliphatic rings. The molecule has 0 aliphatic heterocycles. The molecule has 0 aliphatic carbocycles. The number of aromatic nitrogens is 2. The number of rotatable bonds is 4. The van der Waals surface area contributed by atoms with Gasteiger partial charge in [0.05, 0.1) is 24.6 Å². The van der Waals surface area contributed by atoms with E-state index < -0.39 is 5.97 Å². The minimum absolute atomic E-state index is 0.395. The molecule has 4 rings (SSSR count). The first-order valence-corrected chi connectivity index (χ1v) is 8.41. The van der Waals surface area contributed by atoms with Crippen LogP contribution in [0.25, 0.3) is 17.1 Å². The molecule has 3 heterocycles. The number of hydrogen-bond donors (Lipinski definition) is 0. The average molecular weight is 367 g/mol. The Hall–Kier alpha value is -3.05. The van der Waals surface area contributed by atoms with Gasteiger partial charge in [-0.2, -0.15) is 0 Å². The maximum atomic E-state index is 11.9. The number of halogens is 1. The highest BCUT2D eigenvalue weighted by molar-refractivity contribution is 6.30. The molecule has 26 heavy (non-hydrogen) atoms. The second kappa shape index (κ2) is 6.69. The minimum Gasteiger partial charge on any atom is -0.465 e. The van der Waals surface area contributed by atoms with Crippen LogP contribution in [0.1, 0.15) is 21.6 Å². The Labute approximate surface area is 154 Å². The molecule has 5 nitrogen and oxygen atoms in total. The molecule has 0 fully saturated rings. The number of nitrogens with zero attached hydrogens (tertiary/aromatic N) is 2. The number of carbonyl (C=O) groups is 1. The lowest BCUT2D eigenvalue weighted by atomic mass is 10.1. The number of pyridine rings is 1. The average Bonchev–Trinajstić information content (AvgIpc) is 3.29. The van der Waals surface area contributed by atoms with E-state index in [1.165, 1.54) is 7.11 Å². The number of benzene rings is 1. The molecule has 130 valence electrons. The highest BCUT2D eigenvalue weighted by atomic mass is 35.5. The highest BCUT2D eigenvalue weighted by Crippen LogP contribution is 2.28. The van der Waals surface area contributed by atoms with Crippen molar-refractivity contribution in [2.45, 2.75) is 6.42 Å². The van der Waals surface area contributed by atoms with Crippen LogP contribution in [0.2, 0.25) is 5.02 Å². The number of fused-ring (bicyclic) bond motifs is 1. The van der Waals surface area contributed by atoms with Crippen LogP contribution in [-0.2, 0) is 11.2 Å². The molecule has 0 radical (unpaired) electrons. The van der Waals surface area contributed by atoms with Crippen molar-refractivity contribution in [1.29, 1.82) is 0 Å². The van der Waals surface area contributed by atoms with E-state index in [1.54, 1.807) is 24.6 Å². The largest absolute Gasteiger partial charge is 0.465 e. The van der Waals surface area contributed by atoms with Crippen molar-refractivity contribution >= 4 is 23.2 Å². The summed E-state index contributed by atoms with van der Waals surface area (Å²) >= 11 is 6.13.